The fourth-order valence-corrected chi connectivity index (χ4v) is 18.3. The van der Waals surface area contributed by atoms with Crippen LogP contribution in [0.3, 0.4) is 0 Å². The van der Waals surface area contributed by atoms with Gasteiger partial charge in [0.25, 0.3) is 0 Å². The summed E-state index contributed by atoms with van der Waals surface area (Å²) in [4.78, 5) is 0. The second-order valence-corrected chi connectivity index (χ2v) is 30.9. The van der Waals surface area contributed by atoms with Gasteiger partial charge in [-0.25, -0.2) is 0 Å². The number of benzene rings is 22. The lowest BCUT2D eigenvalue weighted by molar-refractivity contribution is 1.01. The molecule has 0 aliphatic rings. The Bertz CT molecular complexity index is 7080. The molecule has 0 amide bonds. The van der Waals surface area contributed by atoms with Gasteiger partial charge in [0.1, 0.15) is 0 Å². The lowest BCUT2D eigenvalue weighted by atomic mass is 9.90. The molecular formula is C132H159N. The zero-order chi connectivity index (χ0) is 98.6. The average molecular weight is 1760 g/mol. The minimum atomic E-state index is 1.30. The fraction of sp³-hybridized carbons (Fsp3) is 0.273. The molecule has 0 aliphatic heterocycles. The molecule has 0 spiro atoms. The van der Waals surface area contributed by atoms with Crippen LogP contribution in [0.2, 0.25) is 0 Å². The van der Waals surface area contributed by atoms with Crippen LogP contribution in [0.5, 0.6) is 0 Å². The van der Waals surface area contributed by atoms with E-state index in [9.17, 15) is 0 Å². The van der Waals surface area contributed by atoms with Crippen molar-refractivity contribution in [2.45, 2.75) is 242 Å². The molecule has 1 heteroatoms. The van der Waals surface area contributed by atoms with E-state index in [0.29, 0.717) is 0 Å². The van der Waals surface area contributed by atoms with Gasteiger partial charge in [-0.3, -0.25) is 0 Å². The first-order valence-electron chi connectivity index (χ1n) is 50.5. The van der Waals surface area contributed by atoms with Gasteiger partial charge >= 0.3 is 0 Å². The minimum absolute atomic E-state index is 1.30. The van der Waals surface area contributed by atoms with Crippen LogP contribution in [-0.2, 0) is 7.05 Å². The first-order chi connectivity index (χ1) is 65.0. The number of aromatic nitrogens is 1. The highest BCUT2D eigenvalue weighted by molar-refractivity contribution is 6.27. The van der Waals surface area contributed by atoms with Crippen molar-refractivity contribution in [1.29, 1.82) is 0 Å². The Hall–Kier alpha value is -12.7. The average Bonchev–Trinajstić information content (AvgIpc) is 1.02. The predicted molar refractivity (Wildman–Crippen MR) is 617 cm³/mol. The van der Waals surface area contributed by atoms with Crippen molar-refractivity contribution in [1.82, 2.24) is 4.57 Å². The fourth-order valence-electron chi connectivity index (χ4n) is 18.3. The number of aryl methyl sites for hydroxylation is 12. The summed E-state index contributed by atoms with van der Waals surface area (Å²) in [7, 11) is 2.13. The first-order valence-corrected chi connectivity index (χ1v) is 50.5. The molecule has 0 bridgehead atoms. The molecule has 0 fully saturated rings. The van der Waals surface area contributed by atoms with E-state index in [1.54, 1.807) is 0 Å². The monoisotopic (exact) mass is 1760 g/mol. The van der Waals surface area contributed by atoms with Crippen molar-refractivity contribution in [2.24, 2.45) is 7.05 Å². The van der Waals surface area contributed by atoms with Crippen LogP contribution in [0.1, 0.15) is 227 Å². The predicted octanol–water partition coefficient (Wildman–Crippen LogP) is 43.1. The van der Waals surface area contributed by atoms with Gasteiger partial charge in [-0.15, -0.1) is 0 Å². The topological polar surface area (TPSA) is 4.93 Å². The number of rotatable bonds is 0. The number of hydrogen-bond donors (Lipinski definition) is 0. The van der Waals surface area contributed by atoms with E-state index in [1.807, 2.05) is 166 Å². The highest BCUT2D eigenvalue weighted by Gasteiger charge is 2.16. The normalized spacial score (nSPS) is 10.1. The van der Waals surface area contributed by atoms with E-state index in [-0.39, 0.29) is 0 Å². The molecule has 0 atom stereocenters. The van der Waals surface area contributed by atoms with Gasteiger partial charge < -0.3 is 4.57 Å². The highest BCUT2D eigenvalue weighted by Crippen LogP contribution is 2.43. The summed E-state index contributed by atoms with van der Waals surface area (Å²) in [6.07, 6.45) is 0. The van der Waals surface area contributed by atoms with Crippen LogP contribution in [0.15, 0.2) is 309 Å². The van der Waals surface area contributed by atoms with Crippen molar-refractivity contribution >= 4 is 183 Å². The number of hydrogen-bond acceptors (Lipinski definition) is 0. The van der Waals surface area contributed by atoms with Gasteiger partial charge in [0.2, 0.25) is 0 Å². The molecule has 0 unspecified atom stereocenters. The van der Waals surface area contributed by atoms with E-state index in [1.165, 1.54) is 245 Å². The van der Waals surface area contributed by atoms with Gasteiger partial charge in [-0.2, -0.15) is 0 Å². The molecule has 1 aromatic heterocycles. The maximum Gasteiger partial charge on any atom is 0.0491 e. The quantitative estimate of drug-likeness (QED) is 0.133. The van der Waals surface area contributed by atoms with Crippen LogP contribution in [0.4, 0.5) is 0 Å². The Morgan fingerprint density at radius 1 is 0.128 bits per heavy atom. The van der Waals surface area contributed by atoms with Crippen molar-refractivity contribution in [2.75, 3.05) is 0 Å². The molecule has 23 aromatic rings. The second-order valence-electron chi connectivity index (χ2n) is 30.9. The Kier molecular flexibility index (Phi) is 44.1. The van der Waals surface area contributed by atoms with Gasteiger partial charge in [0, 0.05) is 28.9 Å². The van der Waals surface area contributed by atoms with E-state index in [0.717, 1.165) is 0 Å². The van der Waals surface area contributed by atoms with E-state index >= 15 is 0 Å². The van der Waals surface area contributed by atoms with Crippen LogP contribution < -0.4 is 0 Å². The van der Waals surface area contributed by atoms with Gasteiger partial charge in [0.15, 0.2) is 0 Å². The minimum Gasteiger partial charge on any atom is -0.344 e. The van der Waals surface area contributed by atoms with E-state index < -0.39 is 0 Å². The van der Waals surface area contributed by atoms with Crippen LogP contribution in [-0.4, -0.2) is 4.57 Å². The summed E-state index contributed by atoms with van der Waals surface area (Å²) in [5, 5.41) is 43.8. The third kappa shape index (κ3) is 23.3. The molecule has 133 heavy (non-hydrogen) atoms. The summed E-state index contributed by atoms with van der Waals surface area (Å²) in [5.74, 6) is 0. The molecule has 0 radical (unpaired) electrons. The van der Waals surface area contributed by atoms with E-state index in [4.69, 9.17) is 0 Å². The second kappa shape index (κ2) is 53.7. The summed E-state index contributed by atoms with van der Waals surface area (Å²) < 4.78 is 2.26. The summed E-state index contributed by atoms with van der Waals surface area (Å²) >= 11 is 0. The van der Waals surface area contributed by atoms with Crippen molar-refractivity contribution in [3.05, 3.63) is 371 Å². The Morgan fingerprint density at radius 3 is 0.729 bits per heavy atom. The number of fused-ring (bicyclic) bond motifs is 13. The SMILES string of the molecule is CC.CC.CC.CC.CC.CC.CC.CC.CC.CC.CC.CC.Cc1cc2c3ccccc3c(C)cc2c2ccccc12.Cc1cc2ccc3cc(C)cc4ccc(c1)c2c34.Cc1cc2cccc3c(C)cc4cccc1c4c23.Cc1ccc2c3ccccc3n(C)c2c1.Cc1ccc2ccc3c(C)ccc4ccc1c2c43.Cc1cccc2c1ccc1c3cccc(C)c3ccc21. The molecule has 0 saturated heterocycles. The maximum absolute atomic E-state index is 2.33. The Labute approximate surface area is 802 Å². The molecule has 23 rings (SSSR count). The van der Waals surface area contributed by atoms with Gasteiger partial charge in [0.05, 0.1) is 0 Å². The molecular weight excluding hydrogens is 1600 g/mol. The zero-order valence-electron chi connectivity index (χ0n) is 88.4. The molecule has 1 nitrogen and oxygen atoms in total. The first kappa shape index (κ1) is 109. The lowest BCUT2D eigenvalue weighted by Gasteiger charge is -2.14. The van der Waals surface area contributed by atoms with Crippen LogP contribution >= 0.6 is 0 Å². The Morgan fingerprint density at radius 2 is 0.353 bits per heavy atom. The van der Waals surface area contributed by atoms with Crippen LogP contribution in [0, 0.1) is 76.2 Å². The molecule has 692 valence electrons. The number of nitrogens with zero attached hydrogens (tertiary/aromatic N) is 1. The summed E-state index contributed by atoms with van der Waals surface area (Å²) in [6.45, 7) is 72.0. The lowest BCUT2D eigenvalue weighted by Crippen LogP contribution is -1.88. The van der Waals surface area contributed by atoms with Crippen molar-refractivity contribution in [3.63, 3.8) is 0 Å². The van der Waals surface area contributed by atoms with Crippen molar-refractivity contribution < 1.29 is 0 Å². The van der Waals surface area contributed by atoms with Gasteiger partial charge in [-0.1, -0.05) is 463 Å². The zero-order valence-corrected chi connectivity index (χ0v) is 88.4. The molecule has 1 heterocycles. The third-order valence-electron chi connectivity index (χ3n) is 23.7. The van der Waals surface area contributed by atoms with Gasteiger partial charge in [-0.05, 0) is 311 Å². The molecule has 0 N–H and O–H groups in total. The van der Waals surface area contributed by atoms with Crippen LogP contribution in [0.25, 0.3) is 183 Å². The largest absolute Gasteiger partial charge is 0.344 e. The van der Waals surface area contributed by atoms with Crippen molar-refractivity contribution in [3.8, 4) is 0 Å². The smallest absolute Gasteiger partial charge is 0.0491 e. The molecule has 0 saturated carbocycles. The summed E-state index contributed by atoms with van der Waals surface area (Å²) in [6, 6.07) is 113. The summed E-state index contributed by atoms with van der Waals surface area (Å²) in [5.41, 5.74) is 17.4. The maximum atomic E-state index is 2.33. The molecule has 0 aliphatic carbocycles. The van der Waals surface area contributed by atoms with E-state index in [2.05, 4.69) is 397 Å². The highest BCUT2D eigenvalue weighted by atomic mass is 14.9. The Balaban J connectivity index is 0.000000235. The standard InChI is InChI=1S/2C20H16.3C18H14.C14H13N.12C2H6/c1-13-5-3-7-17-15(13)9-11-20-18-8-4-6-14(2)16(18)10-12-19(17)20;1-13-11-19-18-10-6-4-8-16(18)14(2)12-20(19)17-9-5-3-7-15(13)17;1-11-9-13-5-4-8-16-12(2)10-14-6-3-7-15(11)17(14)18(13)16;1-11-7-13-3-5-15-9-12(2)10-16-6-4-14(8-11)17(13)18(15)16;1-11-3-5-13-8-10-16-12(2)4-6-14-7-9-15(11)17(13)18(14)16;1-10-7-8-12-11-5-3-4-6-13(11)15(2)14(12)9-10;12*1-2/h2*3-12H,1-2H3;3*3-10H,1-2H3;3-9H,1-2H3;12*1-2H3. The molecule has 22 aromatic carbocycles. The third-order valence-corrected chi connectivity index (χ3v) is 23.7. The number of para-hydroxylation sites is 1.